The molecule has 2 aromatic heterocycles. The fourth-order valence-electron chi connectivity index (χ4n) is 1.33. The standard InChI is InChI=1S/C10H9IN2O/c1-6-7-5-8(11)10(14-2)13-9(7)3-4-12-6/h3-5H,1-2H3. The summed E-state index contributed by atoms with van der Waals surface area (Å²) in [4.78, 5) is 8.60. The SMILES string of the molecule is COc1nc2ccnc(C)c2cc1I. The quantitative estimate of drug-likeness (QED) is 0.759. The summed E-state index contributed by atoms with van der Waals surface area (Å²) in [5.41, 5.74) is 1.92. The normalized spacial score (nSPS) is 10.5. The van der Waals surface area contributed by atoms with Gasteiger partial charge in [-0.05, 0) is 41.6 Å². The molecule has 0 N–H and O–H groups in total. The van der Waals surface area contributed by atoms with Gasteiger partial charge < -0.3 is 4.74 Å². The topological polar surface area (TPSA) is 35.0 Å². The summed E-state index contributed by atoms with van der Waals surface area (Å²) in [6.45, 7) is 1.98. The molecule has 2 heterocycles. The minimum Gasteiger partial charge on any atom is -0.480 e. The van der Waals surface area contributed by atoms with Crippen LogP contribution in [0.1, 0.15) is 5.69 Å². The summed E-state index contributed by atoms with van der Waals surface area (Å²) in [5, 5.41) is 1.08. The molecule has 0 aliphatic heterocycles. The maximum absolute atomic E-state index is 5.15. The Morgan fingerprint density at radius 3 is 2.93 bits per heavy atom. The Hall–Kier alpha value is -0.910. The van der Waals surface area contributed by atoms with Crippen LogP contribution < -0.4 is 4.74 Å². The first-order valence-electron chi connectivity index (χ1n) is 4.18. The van der Waals surface area contributed by atoms with Crippen molar-refractivity contribution < 1.29 is 4.74 Å². The lowest BCUT2D eigenvalue weighted by atomic mass is 10.2. The van der Waals surface area contributed by atoms with E-state index in [2.05, 4.69) is 32.6 Å². The van der Waals surface area contributed by atoms with Gasteiger partial charge in [-0.25, -0.2) is 4.98 Å². The molecule has 0 unspecified atom stereocenters. The van der Waals surface area contributed by atoms with Crippen LogP contribution in [-0.4, -0.2) is 17.1 Å². The lowest BCUT2D eigenvalue weighted by Gasteiger charge is -2.05. The summed E-state index contributed by atoms with van der Waals surface area (Å²) >= 11 is 2.21. The van der Waals surface area contributed by atoms with E-state index in [4.69, 9.17) is 4.74 Å². The van der Waals surface area contributed by atoms with E-state index >= 15 is 0 Å². The highest BCUT2D eigenvalue weighted by Crippen LogP contribution is 2.24. The highest BCUT2D eigenvalue weighted by Gasteiger charge is 2.06. The lowest BCUT2D eigenvalue weighted by Crippen LogP contribution is -1.93. The van der Waals surface area contributed by atoms with Crippen molar-refractivity contribution in [3.8, 4) is 5.88 Å². The Bertz CT molecular complexity index is 485. The first-order chi connectivity index (χ1) is 6.72. The maximum atomic E-state index is 5.15. The van der Waals surface area contributed by atoms with E-state index in [-0.39, 0.29) is 0 Å². The molecule has 0 spiro atoms. The zero-order valence-electron chi connectivity index (χ0n) is 7.91. The van der Waals surface area contributed by atoms with Crippen molar-refractivity contribution in [3.05, 3.63) is 27.6 Å². The van der Waals surface area contributed by atoms with Gasteiger partial charge in [0.15, 0.2) is 0 Å². The van der Waals surface area contributed by atoms with Crippen molar-refractivity contribution in [1.82, 2.24) is 9.97 Å². The van der Waals surface area contributed by atoms with E-state index in [1.54, 1.807) is 13.3 Å². The largest absolute Gasteiger partial charge is 0.480 e. The molecule has 72 valence electrons. The minimum absolute atomic E-state index is 0.670. The molecule has 2 rings (SSSR count). The fourth-order valence-corrected chi connectivity index (χ4v) is 1.99. The van der Waals surface area contributed by atoms with Crippen molar-refractivity contribution in [3.63, 3.8) is 0 Å². The lowest BCUT2D eigenvalue weighted by molar-refractivity contribution is 0.396. The van der Waals surface area contributed by atoms with Crippen molar-refractivity contribution in [2.24, 2.45) is 0 Å². The molecule has 0 radical (unpaired) electrons. The predicted octanol–water partition coefficient (Wildman–Crippen LogP) is 2.55. The van der Waals surface area contributed by atoms with E-state index in [1.807, 2.05) is 19.1 Å². The first-order valence-corrected chi connectivity index (χ1v) is 5.26. The molecule has 0 fully saturated rings. The number of pyridine rings is 2. The summed E-state index contributed by atoms with van der Waals surface area (Å²) in [6, 6.07) is 3.94. The third-order valence-corrected chi connectivity index (χ3v) is 2.83. The van der Waals surface area contributed by atoms with Gasteiger partial charge >= 0.3 is 0 Å². The van der Waals surface area contributed by atoms with Gasteiger partial charge in [0.25, 0.3) is 0 Å². The Labute approximate surface area is 95.7 Å². The number of nitrogens with zero attached hydrogens (tertiary/aromatic N) is 2. The van der Waals surface area contributed by atoms with E-state index in [9.17, 15) is 0 Å². The monoisotopic (exact) mass is 300 g/mol. The number of hydrogen-bond donors (Lipinski definition) is 0. The molecule has 0 atom stereocenters. The van der Waals surface area contributed by atoms with Crippen LogP contribution >= 0.6 is 22.6 Å². The number of aromatic nitrogens is 2. The van der Waals surface area contributed by atoms with E-state index in [1.165, 1.54) is 0 Å². The predicted molar refractivity (Wildman–Crippen MR) is 63.5 cm³/mol. The molecule has 0 amide bonds. The molecule has 14 heavy (non-hydrogen) atoms. The van der Waals surface area contributed by atoms with Crippen LogP contribution in [0.3, 0.4) is 0 Å². The number of rotatable bonds is 1. The van der Waals surface area contributed by atoms with Gasteiger partial charge in [-0.15, -0.1) is 0 Å². The van der Waals surface area contributed by atoms with Crippen LogP contribution in [-0.2, 0) is 0 Å². The van der Waals surface area contributed by atoms with Crippen molar-refractivity contribution in [1.29, 1.82) is 0 Å². The van der Waals surface area contributed by atoms with Gasteiger partial charge in [-0.2, -0.15) is 0 Å². The summed E-state index contributed by atoms with van der Waals surface area (Å²) in [6.07, 6.45) is 1.76. The van der Waals surface area contributed by atoms with Gasteiger partial charge in [0.2, 0.25) is 5.88 Å². The molecule has 0 saturated carbocycles. The third-order valence-electron chi connectivity index (χ3n) is 2.06. The molecule has 0 aliphatic rings. The van der Waals surface area contributed by atoms with Crippen molar-refractivity contribution in [2.45, 2.75) is 6.92 Å². The second kappa shape index (κ2) is 3.68. The zero-order chi connectivity index (χ0) is 10.1. The van der Waals surface area contributed by atoms with Crippen molar-refractivity contribution >= 4 is 33.5 Å². The second-order valence-corrected chi connectivity index (χ2v) is 4.10. The third kappa shape index (κ3) is 1.54. The van der Waals surface area contributed by atoms with Gasteiger partial charge in [-0.3, -0.25) is 4.98 Å². The van der Waals surface area contributed by atoms with Crippen LogP contribution in [0.25, 0.3) is 10.9 Å². The highest BCUT2D eigenvalue weighted by molar-refractivity contribution is 14.1. The fraction of sp³-hybridized carbons (Fsp3) is 0.200. The van der Waals surface area contributed by atoms with Crippen LogP contribution in [0.4, 0.5) is 0 Å². The van der Waals surface area contributed by atoms with Crippen LogP contribution in [0.15, 0.2) is 18.3 Å². The number of hydrogen-bond acceptors (Lipinski definition) is 3. The summed E-state index contributed by atoms with van der Waals surface area (Å²) in [7, 11) is 1.63. The van der Waals surface area contributed by atoms with Crippen LogP contribution in [0.2, 0.25) is 0 Å². The van der Waals surface area contributed by atoms with Crippen molar-refractivity contribution in [2.75, 3.05) is 7.11 Å². The van der Waals surface area contributed by atoms with Gasteiger partial charge in [0.1, 0.15) is 0 Å². The number of methoxy groups -OCH3 is 1. The Morgan fingerprint density at radius 1 is 1.43 bits per heavy atom. The molecule has 0 aromatic carbocycles. The molecule has 2 aromatic rings. The minimum atomic E-state index is 0.670. The number of fused-ring (bicyclic) bond motifs is 1. The van der Waals surface area contributed by atoms with Crippen LogP contribution in [0, 0.1) is 10.5 Å². The average Bonchev–Trinajstić information content (AvgIpc) is 2.19. The Balaban J connectivity index is 2.79. The number of halogens is 1. The van der Waals surface area contributed by atoms with Gasteiger partial charge in [0.05, 0.1) is 16.2 Å². The second-order valence-electron chi connectivity index (χ2n) is 2.94. The van der Waals surface area contributed by atoms with Gasteiger partial charge in [0, 0.05) is 17.3 Å². The molecule has 3 nitrogen and oxygen atoms in total. The van der Waals surface area contributed by atoms with Crippen LogP contribution in [0.5, 0.6) is 5.88 Å². The Morgan fingerprint density at radius 2 is 2.21 bits per heavy atom. The molecule has 0 bridgehead atoms. The summed E-state index contributed by atoms with van der Waals surface area (Å²) in [5.74, 6) is 0.670. The molecule has 4 heteroatoms. The summed E-state index contributed by atoms with van der Waals surface area (Å²) < 4.78 is 6.16. The van der Waals surface area contributed by atoms with E-state index in [0.29, 0.717) is 5.88 Å². The number of ether oxygens (including phenoxy) is 1. The highest BCUT2D eigenvalue weighted by atomic mass is 127. The Kier molecular flexibility index (Phi) is 2.54. The zero-order valence-corrected chi connectivity index (χ0v) is 10.1. The molecular weight excluding hydrogens is 291 g/mol. The van der Waals surface area contributed by atoms with E-state index < -0.39 is 0 Å². The molecular formula is C10H9IN2O. The van der Waals surface area contributed by atoms with Gasteiger partial charge in [-0.1, -0.05) is 0 Å². The smallest absolute Gasteiger partial charge is 0.227 e. The molecule has 0 saturated heterocycles. The van der Waals surface area contributed by atoms with E-state index in [0.717, 1.165) is 20.2 Å². The maximum Gasteiger partial charge on any atom is 0.227 e. The first kappa shape index (κ1) is 9.64. The molecule has 0 aliphatic carbocycles. The average molecular weight is 300 g/mol. The number of aryl methyl sites for hydroxylation is 1.